The Balaban J connectivity index is 1.89. The maximum absolute atomic E-state index is 12.2. The molecule has 0 saturated carbocycles. The van der Waals surface area contributed by atoms with E-state index in [4.69, 9.17) is 4.74 Å². The Labute approximate surface area is 146 Å². The van der Waals surface area contributed by atoms with Crippen LogP contribution in [-0.2, 0) is 14.3 Å². The predicted octanol–water partition coefficient (Wildman–Crippen LogP) is 4.08. The number of hydrogen-bond acceptors (Lipinski definition) is 4. The van der Waals surface area contributed by atoms with E-state index in [1.165, 1.54) is 0 Å². The van der Waals surface area contributed by atoms with Gasteiger partial charge in [-0.15, -0.1) is 11.8 Å². The smallest absolute Gasteiger partial charge is 0.313 e. The van der Waals surface area contributed by atoms with Gasteiger partial charge in [-0.25, -0.2) is 0 Å². The van der Waals surface area contributed by atoms with Crippen molar-refractivity contribution in [2.45, 2.75) is 24.2 Å². The summed E-state index contributed by atoms with van der Waals surface area (Å²) in [6.07, 6.45) is 2.59. The van der Waals surface area contributed by atoms with E-state index >= 15 is 0 Å². The van der Waals surface area contributed by atoms with E-state index in [0.29, 0.717) is 12.1 Å². The lowest BCUT2D eigenvalue weighted by Gasteiger charge is -2.14. The first-order chi connectivity index (χ1) is 11.6. The summed E-state index contributed by atoms with van der Waals surface area (Å²) >= 11 is 1.60. The summed E-state index contributed by atoms with van der Waals surface area (Å²) in [6, 6.07) is 17.0. The van der Waals surface area contributed by atoms with Crippen LogP contribution in [0.5, 0.6) is 0 Å². The fourth-order valence-electron chi connectivity index (χ4n) is 2.36. The predicted molar refractivity (Wildman–Crippen MR) is 97.3 cm³/mol. The molecule has 0 fully saturated rings. The minimum atomic E-state index is -0.378. The van der Waals surface area contributed by atoms with Gasteiger partial charge in [0.05, 0.1) is 5.92 Å². The first-order valence-electron chi connectivity index (χ1n) is 7.79. The molecule has 0 aliphatic carbocycles. The molecule has 2 aromatic rings. The quantitative estimate of drug-likeness (QED) is 0.608. The second-order valence-electron chi connectivity index (χ2n) is 5.26. The third kappa shape index (κ3) is 5.13. The van der Waals surface area contributed by atoms with E-state index in [2.05, 4.69) is 5.32 Å². The number of carbonyl (C=O) groups excluding carboxylic acids is 2. The molecule has 0 heterocycles. The van der Waals surface area contributed by atoms with Crippen molar-refractivity contribution >= 4 is 29.3 Å². The van der Waals surface area contributed by atoms with E-state index in [1.807, 2.05) is 61.7 Å². The SMILES string of the molecule is CCC(C(=O)OCC(=O)Nc1cccc(SC)c1)c1ccccc1. The highest BCUT2D eigenvalue weighted by Gasteiger charge is 2.20. The molecule has 0 saturated heterocycles. The Morgan fingerprint density at radius 2 is 1.88 bits per heavy atom. The summed E-state index contributed by atoms with van der Waals surface area (Å²) in [5.41, 5.74) is 1.59. The van der Waals surface area contributed by atoms with Crippen LogP contribution in [-0.4, -0.2) is 24.7 Å². The van der Waals surface area contributed by atoms with Crippen LogP contribution in [0.3, 0.4) is 0 Å². The average molecular weight is 343 g/mol. The molecule has 2 aromatic carbocycles. The molecule has 0 spiro atoms. The van der Waals surface area contributed by atoms with Gasteiger partial charge in [0, 0.05) is 10.6 Å². The molecule has 24 heavy (non-hydrogen) atoms. The fourth-order valence-corrected chi connectivity index (χ4v) is 2.82. The number of hydrogen-bond donors (Lipinski definition) is 1. The Kier molecular flexibility index (Phi) is 6.88. The molecule has 0 aliphatic rings. The van der Waals surface area contributed by atoms with Gasteiger partial charge in [-0.05, 0) is 36.4 Å². The first kappa shape index (κ1) is 18.1. The van der Waals surface area contributed by atoms with Gasteiger partial charge in [0.15, 0.2) is 6.61 Å². The van der Waals surface area contributed by atoms with Crippen LogP contribution in [0.2, 0.25) is 0 Å². The van der Waals surface area contributed by atoms with Gasteiger partial charge in [-0.3, -0.25) is 9.59 Å². The zero-order chi connectivity index (χ0) is 17.4. The van der Waals surface area contributed by atoms with E-state index in [1.54, 1.807) is 17.8 Å². The highest BCUT2D eigenvalue weighted by molar-refractivity contribution is 7.98. The van der Waals surface area contributed by atoms with Crippen LogP contribution in [0.25, 0.3) is 0 Å². The van der Waals surface area contributed by atoms with Crippen LogP contribution < -0.4 is 5.32 Å². The number of thioether (sulfide) groups is 1. The minimum Gasteiger partial charge on any atom is -0.455 e. The van der Waals surface area contributed by atoms with Gasteiger partial charge in [0.25, 0.3) is 5.91 Å². The summed E-state index contributed by atoms with van der Waals surface area (Å²) in [7, 11) is 0. The van der Waals surface area contributed by atoms with E-state index in [-0.39, 0.29) is 24.4 Å². The molecule has 1 atom stereocenters. The standard InChI is InChI=1S/C19H21NO3S/c1-3-17(14-8-5-4-6-9-14)19(22)23-13-18(21)20-15-10-7-11-16(12-15)24-2/h4-12,17H,3,13H2,1-2H3,(H,20,21). The van der Waals surface area contributed by atoms with Crippen molar-refractivity contribution in [1.82, 2.24) is 0 Å². The number of anilines is 1. The van der Waals surface area contributed by atoms with Crippen molar-refractivity contribution in [3.8, 4) is 0 Å². The van der Waals surface area contributed by atoms with Gasteiger partial charge in [-0.1, -0.05) is 43.3 Å². The van der Waals surface area contributed by atoms with Crippen LogP contribution >= 0.6 is 11.8 Å². The number of rotatable bonds is 7. The number of esters is 1. The van der Waals surface area contributed by atoms with Crippen LogP contribution in [0.4, 0.5) is 5.69 Å². The van der Waals surface area contributed by atoms with Crippen molar-refractivity contribution in [2.75, 3.05) is 18.2 Å². The molecule has 1 unspecified atom stereocenters. The lowest BCUT2D eigenvalue weighted by molar-refractivity contribution is -0.149. The summed E-state index contributed by atoms with van der Waals surface area (Å²) < 4.78 is 5.18. The van der Waals surface area contributed by atoms with Crippen LogP contribution in [0, 0.1) is 0 Å². The van der Waals surface area contributed by atoms with E-state index < -0.39 is 0 Å². The fraction of sp³-hybridized carbons (Fsp3) is 0.263. The molecule has 5 heteroatoms. The maximum atomic E-state index is 12.2. The molecule has 4 nitrogen and oxygen atoms in total. The van der Waals surface area contributed by atoms with Crippen molar-refractivity contribution in [1.29, 1.82) is 0 Å². The molecule has 2 rings (SSSR count). The molecule has 0 aliphatic heterocycles. The molecule has 126 valence electrons. The lowest BCUT2D eigenvalue weighted by Crippen LogP contribution is -2.23. The first-order valence-corrected chi connectivity index (χ1v) is 9.02. The number of carbonyl (C=O) groups is 2. The second-order valence-corrected chi connectivity index (χ2v) is 6.14. The van der Waals surface area contributed by atoms with Gasteiger partial charge >= 0.3 is 5.97 Å². The van der Waals surface area contributed by atoms with E-state index in [9.17, 15) is 9.59 Å². The molecular formula is C19H21NO3S. The Bertz CT molecular complexity index is 688. The highest BCUT2D eigenvalue weighted by Crippen LogP contribution is 2.21. The monoisotopic (exact) mass is 343 g/mol. The topological polar surface area (TPSA) is 55.4 Å². The zero-order valence-corrected chi connectivity index (χ0v) is 14.6. The molecule has 1 amide bonds. The third-order valence-corrected chi connectivity index (χ3v) is 4.32. The molecule has 0 radical (unpaired) electrons. The van der Waals surface area contributed by atoms with Crippen molar-refractivity contribution in [3.05, 3.63) is 60.2 Å². The number of amides is 1. The largest absolute Gasteiger partial charge is 0.455 e. The van der Waals surface area contributed by atoms with E-state index in [0.717, 1.165) is 10.5 Å². The summed E-state index contributed by atoms with van der Waals surface area (Å²) in [5, 5.41) is 2.74. The Morgan fingerprint density at radius 3 is 2.54 bits per heavy atom. The normalized spacial score (nSPS) is 11.6. The Morgan fingerprint density at radius 1 is 1.12 bits per heavy atom. The van der Waals surface area contributed by atoms with Gasteiger partial charge in [-0.2, -0.15) is 0 Å². The average Bonchev–Trinajstić information content (AvgIpc) is 2.61. The number of nitrogens with one attached hydrogen (secondary N) is 1. The Hall–Kier alpha value is -2.27. The second kappa shape index (κ2) is 9.13. The third-order valence-electron chi connectivity index (χ3n) is 3.59. The summed E-state index contributed by atoms with van der Waals surface area (Å²) in [6.45, 7) is 1.64. The van der Waals surface area contributed by atoms with Crippen molar-refractivity contribution in [2.24, 2.45) is 0 Å². The molecular weight excluding hydrogens is 322 g/mol. The van der Waals surface area contributed by atoms with Gasteiger partial charge < -0.3 is 10.1 Å². The van der Waals surface area contributed by atoms with Crippen LogP contribution in [0.1, 0.15) is 24.8 Å². The van der Waals surface area contributed by atoms with Crippen molar-refractivity contribution in [3.63, 3.8) is 0 Å². The lowest BCUT2D eigenvalue weighted by atomic mass is 9.97. The zero-order valence-electron chi connectivity index (χ0n) is 13.8. The van der Waals surface area contributed by atoms with Gasteiger partial charge in [0.1, 0.15) is 0 Å². The van der Waals surface area contributed by atoms with Gasteiger partial charge in [0.2, 0.25) is 0 Å². The molecule has 0 bridgehead atoms. The molecule has 0 aromatic heterocycles. The minimum absolute atomic E-state index is 0.286. The summed E-state index contributed by atoms with van der Waals surface area (Å²) in [4.78, 5) is 25.3. The number of ether oxygens (including phenoxy) is 1. The molecule has 1 N–H and O–H groups in total. The van der Waals surface area contributed by atoms with Crippen LogP contribution in [0.15, 0.2) is 59.5 Å². The maximum Gasteiger partial charge on any atom is 0.313 e. The van der Waals surface area contributed by atoms with Crippen molar-refractivity contribution < 1.29 is 14.3 Å². The number of benzene rings is 2. The highest BCUT2D eigenvalue weighted by atomic mass is 32.2. The summed E-state index contributed by atoms with van der Waals surface area (Å²) in [5.74, 6) is -1.07.